The van der Waals surface area contributed by atoms with Crippen LogP contribution in [0.4, 0.5) is 21.7 Å². The summed E-state index contributed by atoms with van der Waals surface area (Å²) in [5, 5.41) is 6.32. The summed E-state index contributed by atoms with van der Waals surface area (Å²) < 4.78 is 14.1. The van der Waals surface area contributed by atoms with Crippen LogP contribution in [0.25, 0.3) is 0 Å². The fourth-order valence-corrected chi connectivity index (χ4v) is 2.29. The van der Waals surface area contributed by atoms with Crippen molar-refractivity contribution in [1.29, 1.82) is 0 Å². The molecule has 0 saturated carbocycles. The lowest BCUT2D eigenvalue weighted by Gasteiger charge is -2.14. The summed E-state index contributed by atoms with van der Waals surface area (Å²) >= 11 is 3.17. The van der Waals surface area contributed by atoms with Crippen LogP contribution in [-0.4, -0.2) is 16.5 Å². The minimum absolute atomic E-state index is 0.309. The minimum atomic E-state index is -0.309. The van der Waals surface area contributed by atoms with Gasteiger partial charge in [-0.25, -0.2) is 14.4 Å². The Labute approximate surface area is 126 Å². The van der Waals surface area contributed by atoms with Gasteiger partial charge < -0.3 is 10.6 Å². The van der Waals surface area contributed by atoms with Gasteiger partial charge in [-0.05, 0) is 54.4 Å². The molecule has 1 heterocycles. The zero-order valence-corrected chi connectivity index (χ0v) is 13.2. The van der Waals surface area contributed by atoms with E-state index < -0.39 is 0 Å². The Morgan fingerprint density at radius 1 is 1.20 bits per heavy atom. The molecule has 4 nitrogen and oxygen atoms in total. The second kappa shape index (κ2) is 6.17. The first-order valence-electron chi connectivity index (χ1n) is 6.31. The van der Waals surface area contributed by atoms with Gasteiger partial charge in [0.15, 0.2) is 0 Å². The highest BCUT2D eigenvalue weighted by Crippen LogP contribution is 2.28. The van der Waals surface area contributed by atoms with E-state index in [1.54, 1.807) is 6.07 Å². The Bertz CT molecular complexity index is 631. The predicted molar refractivity (Wildman–Crippen MR) is 83.1 cm³/mol. The molecule has 0 unspecified atom stereocenters. The Morgan fingerprint density at radius 2 is 1.90 bits per heavy atom. The maximum absolute atomic E-state index is 13.6. The zero-order valence-electron chi connectivity index (χ0n) is 11.6. The van der Waals surface area contributed by atoms with Crippen molar-refractivity contribution < 1.29 is 4.39 Å². The van der Waals surface area contributed by atoms with Crippen LogP contribution in [-0.2, 0) is 0 Å². The molecule has 0 saturated heterocycles. The van der Waals surface area contributed by atoms with Crippen LogP contribution in [0.5, 0.6) is 0 Å². The van der Waals surface area contributed by atoms with Crippen LogP contribution in [0, 0.1) is 19.7 Å². The number of aromatic nitrogens is 2. The maximum Gasteiger partial charge on any atom is 0.139 e. The molecular formula is C14H16BrFN4. The quantitative estimate of drug-likeness (QED) is 0.878. The smallest absolute Gasteiger partial charge is 0.139 e. The van der Waals surface area contributed by atoms with Crippen molar-refractivity contribution in [3.05, 3.63) is 39.9 Å². The average molecular weight is 339 g/mol. The molecule has 0 atom stereocenters. The Morgan fingerprint density at radius 3 is 2.60 bits per heavy atom. The molecule has 0 radical (unpaired) electrons. The molecule has 0 bridgehead atoms. The molecule has 6 heteroatoms. The number of hydrogen-bond acceptors (Lipinski definition) is 4. The highest BCUT2D eigenvalue weighted by atomic mass is 79.9. The monoisotopic (exact) mass is 338 g/mol. The molecule has 20 heavy (non-hydrogen) atoms. The second-order valence-corrected chi connectivity index (χ2v) is 5.29. The lowest BCUT2D eigenvalue weighted by molar-refractivity contribution is 0.621. The third-order valence-corrected chi connectivity index (χ3v) is 3.56. The minimum Gasteiger partial charge on any atom is -0.370 e. The van der Waals surface area contributed by atoms with Gasteiger partial charge in [-0.3, -0.25) is 0 Å². The van der Waals surface area contributed by atoms with Crippen molar-refractivity contribution >= 4 is 33.3 Å². The average Bonchev–Trinajstić information content (AvgIpc) is 2.40. The Balaban J connectivity index is 2.35. The van der Waals surface area contributed by atoms with Crippen LogP contribution in [0.15, 0.2) is 22.9 Å². The molecule has 0 fully saturated rings. The predicted octanol–water partition coefficient (Wildman–Crippen LogP) is 4.17. The molecule has 2 N–H and O–H groups in total. The van der Waals surface area contributed by atoms with Crippen LogP contribution in [0.3, 0.4) is 0 Å². The van der Waals surface area contributed by atoms with Gasteiger partial charge in [0.05, 0.1) is 4.47 Å². The number of halogens is 2. The summed E-state index contributed by atoms with van der Waals surface area (Å²) in [5.41, 5.74) is 2.52. The van der Waals surface area contributed by atoms with Gasteiger partial charge in [0.25, 0.3) is 0 Å². The van der Waals surface area contributed by atoms with Gasteiger partial charge in [0, 0.05) is 17.8 Å². The first-order chi connectivity index (χ1) is 9.52. The largest absolute Gasteiger partial charge is 0.370 e. The van der Waals surface area contributed by atoms with Crippen molar-refractivity contribution in [2.24, 2.45) is 0 Å². The molecule has 1 aromatic carbocycles. The molecule has 0 aliphatic heterocycles. The summed E-state index contributed by atoms with van der Waals surface area (Å²) in [6.45, 7) is 6.62. The Hall–Kier alpha value is -1.69. The van der Waals surface area contributed by atoms with Gasteiger partial charge in [0.2, 0.25) is 0 Å². The molecule has 1 aromatic heterocycles. The normalized spacial score (nSPS) is 10.4. The number of benzene rings is 1. The standard InChI is InChI=1S/C14H16BrFN4/c1-4-17-13-9(3)14(19-7-18-13)20-12-6-11(16)10(15)5-8(12)2/h5-7H,4H2,1-3H3,(H2,17,18,19,20). The number of anilines is 3. The molecule has 2 aromatic rings. The fourth-order valence-electron chi connectivity index (χ4n) is 1.83. The highest BCUT2D eigenvalue weighted by molar-refractivity contribution is 9.10. The highest BCUT2D eigenvalue weighted by Gasteiger charge is 2.10. The number of aryl methyl sites for hydroxylation is 1. The number of hydrogen-bond donors (Lipinski definition) is 2. The molecule has 0 aliphatic rings. The van der Waals surface area contributed by atoms with E-state index >= 15 is 0 Å². The molecule has 0 spiro atoms. The van der Waals surface area contributed by atoms with Crippen molar-refractivity contribution in [3.8, 4) is 0 Å². The lowest BCUT2D eigenvalue weighted by Crippen LogP contribution is -2.06. The number of nitrogens with zero attached hydrogens (tertiary/aromatic N) is 2. The van der Waals surface area contributed by atoms with Gasteiger partial charge in [-0.2, -0.15) is 0 Å². The van der Waals surface area contributed by atoms with Crippen LogP contribution in [0.1, 0.15) is 18.1 Å². The summed E-state index contributed by atoms with van der Waals surface area (Å²) in [4.78, 5) is 8.39. The van der Waals surface area contributed by atoms with E-state index in [2.05, 4.69) is 36.5 Å². The van der Waals surface area contributed by atoms with Crippen LogP contribution < -0.4 is 10.6 Å². The van der Waals surface area contributed by atoms with Gasteiger partial charge >= 0.3 is 0 Å². The second-order valence-electron chi connectivity index (χ2n) is 4.43. The SMILES string of the molecule is CCNc1ncnc(Nc2cc(F)c(Br)cc2C)c1C. The molecule has 106 valence electrons. The third kappa shape index (κ3) is 3.07. The lowest BCUT2D eigenvalue weighted by atomic mass is 10.2. The first-order valence-corrected chi connectivity index (χ1v) is 7.10. The van der Waals surface area contributed by atoms with E-state index in [1.165, 1.54) is 12.4 Å². The van der Waals surface area contributed by atoms with Crippen LogP contribution >= 0.6 is 15.9 Å². The number of rotatable bonds is 4. The van der Waals surface area contributed by atoms with Crippen LogP contribution in [0.2, 0.25) is 0 Å². The van der Waals surface area contributed by atoms with E-state index in [0.29, 0.717) is 16.0 Å². The topological polar surface area (TPSA) is 49.8 Å². The maximum atomic E-state index is 13.6. The van der Waals surface area contributed by atoms with E-state index in [9.17, 15) is 4.39 Å². The van der Waals surface area contributed by atoms with E-state index in [1.807, 2.05) is 20.8 Å². The van der Waals surface area contributed by atoms with Crippen molar-refractivity contribution in [2.75, 3.05) is 17.2 Å². The van der Waals surface area contributed by atoms with Crippen molar-refractivity contribution in [3.63, 3.8) is 0 Å². The zero-order chi connectivity index (χ0) is 14.7. The molecule has 0 aliphatic carbocycles. The van der Waals surface area contributed by atoms with E-state index in [0.717, 1.165) is 23.5 Å². The fraction of sp³-hybridized carbons (Fsp3) is 0.286. The number of nitrogens with one attached hydrogen (secondary N) is 2. The summed E-state index contributed by atoms with van der Waals surface area (Å²) in [6, 6.07) is 3.19. The summed E-state index contributed by atoms with van der Waals surface area (Å²) in [6.07, 6.45) is 1.48. The van der Waals surface area contributed by atoms with Gasteiger partial charge in [-0.1, -0.05) is 0 Å². The molecule has 2 rings (SSSR count). The summed E-state index contributed by atoms with van der Waals surface area (Å²) in [7, 11) is 0. The molecule has 0 amide bonds. The van der Waals surface area contributed by atoms with E-state index in [-0.39, 0.29) is 5.82 Å². The molecular weight excluding hydrogens is 323 g/mol. The van der Waals surface area contributed by atoms with Gasteiger partial charge in [0.1, 0.15) is 23.8 Å². The first kappa shape index (κ1) is 14.7. The van der Waals surface area contributed by atoms with Gasteiger partial charge in [-0.15, -0.1) is 0 Å². The van der Waals surface area contributed by atoms with E-state index in [4.69, 9.17) is 0 Å². The van der Waals surface area contributed by atoms with Crippen molar-refractivity contribution in [2.45, 2.75) is 20.8 Å². The summed E-state index contributed by atoms with van der Waals surface area (Å²) in [5.74, 6) is 1.14. The van der Waals surface area contributed by atoms with Crippen molar-refractivity contribution in [1.82, 2.24) is 9.97 Å². The third-order valence-electron chi connectivity index (χ3n) is 2.95. The Kier molecular flexibility index (Phi) is 4.54.